The van der Waals surface area contributed by atoms with E-state index in [-0.39, 0.29) is 5.91 Å². The molecule has 1 amide bonds. The lowest BCUT2D eigenvalue weighted by Gasteiger charge is -2.15. The molecule has 1 aliphatic heterocycles. The van der Waals surface area contributed by atoms with E-state index in [2.05, 4.69) is 5.32 Å². The van der Waals surface area contributed by atoms with Crippen molar-refractivity contribution in [1.82, 2.24) is 0 Å². The summed E-state index contributed by atoms with van der Waals surface area (Å²) in [5.74, 6) is 1.21. The molecule has 86 valence electrons. The van der Waals surface area contributed by atoms with E-state index in [1.54, 1.807) is 0 Å². The monoisotopic (exact) mass is 239 g/mol. The number of hydrogen-bond acceptors (Lipinski definition) is 2. The molecule has 0 atom stereocenters. The van der Waals surface area contributed by atoms with Crippen molar-refractivity contribution in [2.45, 2.75) is 19.3 Å². The highest BCUT2D eigenvalue weighted by Gasteiger charge is 2.38. The van der Waals surface area contributed by atoms with Gasteiger partial charge in [-0.1, -0.05) is 6.07 Å². The summed E-state index contributed by atoms with van der Waals surface area (Å²) >= 11 is 5.54. The number of fused-ring (bicyclic) bond motifs is 1. The number of hydrogen-bond donors (Lipinski definition) is 1. The third-order valence-electron chi connectivity index (χ3n) is 2.83. The Balaban J connectivity index is 2.30. The van der Waals surface area contributed by atoms with Crippen LogP contribution >= 0.6 is 11.6 Å². The zero-order valence-electron chi connectivity index (χ0n) is 9.34. The molecule has 0 aromatic heterocycles. The Morgan fingerprint density at radius 2 is 2.19 bits per heavy atom. The van der Waals surface area contributed by atoms with Gasteiger partial charge in [-0.25, -0.2) is 0 Å². The maximum absolute atomic E-state index is 11.7. The molecule has 4 heteroatoms. The Hall–Kier alpha value is -1.22. The number of benzene rings is 1. The Bertz CT molecular complexity index is 429. The van der Waals surface area contributed by atoms with Crippen molar-refractivity contribution in [1.29, 1.82) is 0 Å². The van der Waals surface area contributed by atoms with Crippen LogP contribution < -0.4 is 10.1 Å². The lowest BCUT2D eigenvalue weighted by molar-refractivity contribution is -0.119. The second-order valence-corrected chi connectivity index (χ2v) is 4.70. The molecule has 1 aromatic carbocycles. The van der Waals surface area contributed by atoms with Crippen LogP contribution in [-0.2, 0) is 10.2 Å². The van der Waals surface area contributed by atoms with Gasteiger partial charge in [-0.2, -0.15) is 0 Å². The summed E-state index contributed by atoms with van der Waals surface area (Å²) in [5.41, 5.74) is 1.39. The van der Waals surface area contributed by atoms with Gasteiger partial charge in [0, 0.05) is 11.8 Å². The number of anilines is 1. The van der Waals surface area contributed by atoms with Gasteiger partial charge in [-0.05, 0) is 25.5 Å². The maximum Gasteiger partial charge on any atom is 0.234 e. The molecule has 1 aromatic rings. The van der Waals surface area contributed by atoms with Crippen LogP contribution in [0.3, 0.4) is 0 Å². The summed E-state index contributed by atoms with van der Waals surface area (Å²) in [7, 11) is 0. The Labute approximate surface area is 99.7 Å². The van der Waals surface area contributed by atoms with E-state index < -0.39 is 5.41 Å². The Kier molecular flexibility index (Phi) is 2.80. The second-order valence-electron chi connectivity index (χ2n) is 4.32. The van der Waals surface area contributed by atoms with Gasteiger partial charge < -0.3 is 10.1 Å². The molecule has 0 radical (unpaired) electrons. The second kappa shape index (κ2) is 3.98. The van der Waals surface area contributed by atoms with E-state index in [4.69, 9.17) is 16.3 Å². The summed E-state index contributed by atoms with van der Waals surface area (Å²) in [6, 6.07) is 5.64. The number of alkyl halides is 1. The molecule has 3 nitrogen and oxygen atoms in total. The van der Waals surface area contributed by atoms with Gasteiger partial charge in [-0.15, -0.1) is 11.6 Å². The average Bonchev–Trinajstić information content (AvgIpc) is 2.47. The van der Waals surface area contributed by atoms with Gasteiger partial charge in [0.05, 0.1) is 11.3 Å². The van der Waals surface area contributed by atoms with Crippen molar-refractivity contribution < 1.29 is 9.53 Å². The highest BCUT2D eigenvalue weighted by molar-refractivity contribution is 6.18. The van der Waals surface area contributed by atoms with E-state index in [1.165, 1.54) is 0 Å². The predicted molar refractivity (Wildman–Crippen MR) is 64.3 cm³/mol. The van der Waals surface area contributed by atoms with Crippen LogP contribution in [0, 0.1) is 0 Å². The number of ether oxygens (including phenoxy) is 1. The average molecular weight is 240 g/mol. The van der Waals surface area contributed by atoms with E-state index in [1.807, 2.05) is 32.0 Å². The van der Waals surface area contributed by atoms with Crippen LogP contribution in [0.4, 0.5) is 5.69 Å². The largest absolute Gasteiger partial charge is 0.492 e. The number of halogens is 1. The first kappa shape index (κ1) is 11.3. The zero-order chi connectivity index (χ0) is 11.8. The van der Waals surface area contributed by atoms with E-state index >= 15 is 0 Å². The Morgan fingerprint density at radius 3 is 2.88 bits per heavy atom. The predicted octanol–water partition coefficient (Wildman–Crippen LogP) is 2.53. The highest BCUT2D eigenvalue weighted by Crippen LogP contribution is 2.38. The first-order valence-corrected chi connectivity index (χ1v) is 5.74. The minimum atomic E-state index is -0.458. The molecule has 16 heavy (non-hydrogen) atoms. The van der Waals surface area contributed by atoms with Crippen molar-refractivity contribution in [3.8, 4) is 5.75 Å². The van der Waals surface area contributed by atoms with Gasteiger partial charge >= 0.3 is 0 Å². The third kappa shape index (κ3) is 1.76. The number of amides is 1. The van der Waals surface area contributed by atoms with Gasteiger partial charge in [0.1, 0.15) is 12.4 Å². The van der Waals surface area contributed by atoms with Gasteiger partial charge in [0.25, 0.3) is 0 Å². The summed E-state index contributed by atoms with van der Waals surface area (Å²) in [6.45, 7) is 4.29. The van der Waals surface area contributed by atoms with Crippen molar-refractivity contribution in [3.05, 3.63) is 23.8 Å². The van der Waals surface area contributed by atoms with Crippen LogP contribution in [0.5, 0.6) is 5.75 Å². The first-order chi connectivity index (χ1) is 7.55. The number of carbonyl (C=O) groups is 1. The van der Waals surface area contributed by atoms with E-state index in [0.29, 0.717) is 12.5 Å². The highest BCUT2D eigenvalue weighted by atomic mass is 35.5. The molecule has 0 bridgehead atoms. The van der Waals surface area contributed by atoms with Crippen LogP contribution in [0.15, 0.2) is 18.2 Å². The normalized spacial score (nSPS) is 16.8. The first-order valence-electron chi connectivity index (χ1n) is 5.20. The topological polar surface area (TPSA) is 38.3 Å². The summed E-state index contributed by atoms with van der Waals surface area (Å²) < 4.78 is 5.40. The standard InChI is InChI=1S/C12H14ClNO2/c1-12(2)9-4-3-8(16-6-5-13)7-10(9)14-11(12)15/h3-4,7H,5-6H2,1-2H3,(H,14,15). The lowest BCUT2D eigenvalue weighted by atomic mass is 9.86. The van der Waals surface area contributed by atoms with E-state index in [0.717, 1.165) is 17.0 Å². The van der Waals surface area contributed by atoms with Crippen molar-refractivity contribution >= 4 is 23.2 Å². The molecule has 0 aliphatic carbocycles. The number of rotatable bonds is 3. The smallest absolute Gasteiger partial charge is 0.234 e. The van der Waals surface area contributed by atoms with E-state index in [9.17, 15) is 4.79 Å². The summed E-state index contributed by atoms with van der Waals surface area (Å²) in [5, 5.41) is 2.85. The molecule has 0 saturated carbocycles. The third-order valence-corrected chi connectivity index (χ3v) is 2.98. The minimum Gasteiger partial charge on any atom is -0.492 e. The van der Waals surface area contributed by atoms with Gasteiger partial charge in [0.2, 0.25) is 5.91 Å². The van der Waals surface area contributed by atoms with Crippen molar-refractivity contribution in [2.75, 3.05) is 17.8 Å². The van der Waals surface area contributed by atoms with Crippen molar-refractivity contribution in [2.24, 2.45) is 0 Å². The molecular weight excluding hydrogens is 226 g/mol. The van der Waals surface area contributed by atoms with Crippen LogP contribution in [0.1, 0.15) is 19.4 Å². The SMILES string of the molecule is CC1(C)C(=O)Nc2cc(OCCCl)ccc21. The van der Waals surface area contributed by atoms with Crippen LogP contribution in [0.2, 0.25) is 0 Å². The molecule has 1 N–H and O–H groups in total. The number of carbonyl (C=O) groups excluding carboxylic acids is 1. The van der Waals surface area contributed by atoms with Gasteiger partial charge in [-0.3, -0.25) is 4.79 Å². The van der Waals surface area contributed by atoms with Crippen LogP contribution in [-0.4, -0.2) is 18.4 Å². The molecule has 1 heterocycles. The fourth-order valence-electron chi connectivity index (χ4n) is 1.82. The summed E-state index contributed by atoms with van der Waals surface area (Å²) in [4.78, 5) is 11.7. The van der Waals surface area contributed by atoms with Crippen LogP contribution in [0.25, 0.3) is 0 Å². The molecular formula is C12H14ClNO2. The Morgan fingerprint density at radius 1 is 1.44 bits per heavy atom. The molecule has 1 aliphatic rings. The quantitative estimate of drug-likeness (QED) is 0.824. The zero-order valence-corrected chi connectivity index (χ0v) is 10.1. The lowest BCUT2D eigenvalue weighted by Crippen LogP contribution is -2.26. The number of nitrogens with one attached hydrogen (secondary N) is 1. The maximum atomic E-state index is 11.7. The fourth-order valence-corrected chi connectivity index (χ4v) is 1.90. The molecule has 2 rings (SSSR count). The summed E-state index contributed by atoms with van der Waals surface area (Å²) in [6.07, 6.45) is 0. The fraction of sp³-hybridized carbons (Fsp3) is 0.417. The molecule has 0 fully saturated rings. The molecule has 0 unspecified atom stereocenters. The molecule has 0 saturated heterocycles. The molecule has 0 spiro atoms. The van der Waals surface area contributed by atoms with Gasteiger partial charge in [0.15, 0.2) is 0 Å². The minimum absolute atomic E-state index is 0.0250. The van der Waals surface area contributed by atoms with Crippen molar-refractivity contribution in [3.63, 3.8) is 0 Å².